The first-order valence-corrected chi connectivity index (χ1v) is 6.89. The van der Waals surface area contributed by atoms with Gasteiger partial charge < -0.3 is 5.73 Å². The molecule has 1 fully saturated rings. The van der Waals surface area contributed by atoms with E-state index in [0.29, 0.717) is 5.92 Å². The van der Waals surface area contributed by atoms with Crippen LogP contribution in [0.5, 0.6) is 0 Å². The third kappa shape index (κ3) is 2.86. The summed E-state index contributed by atoms with van der Waals surface area (Å²) in [5.74, 6) is 1.51. The van der Waals surface area contributed by atoms with Gasteiger partial charge in [-0.2, -0.15) is 0 Å². The average molecular weight is 232 g/mol. The Hall–Kier alpha value is -0.890. The summed E-state index contributed by atoms with van der Waals surface area (Å²) in [6.07, 6.45) is 8.44. The molecular weight excluding hydrogens is 208 g/mol. The maximum Gasteiger partial charge on any atom is 0.0602 e. The maximum atomic E-state index is 6.42. The molecule has 0 radical (unpaired) electrons. The summed E-state index contributed by atoms with van der Waals surface area (Å²) in [5, 5.41) is 0. The van der Waals surface area contributed by atoms with Gasteiger partial charge in [-0.3, -0.25) is 4.98 Å². The highest BCUT2D eigenvalue weighted by Crippen LogP contribution is 2.37. The van der Waals surface area contributed by atoms with Gasteiger partial charge in [-0.25, -0.2) is 0 Å². The van der Waals surface area contributed by atoms with Crippen LogP contribution >= 0.6 is 0 Å². The van der Waals surface area contributed by atoms with Crippen LogP contribution in [0, 0.1) is 18.8 Å². The Labute approximate surface area is 105 Å². The molecule has 94 valence electrons. The summed E-state index contributed by atoms with van der Waals surface area (Å²) in [6.45, 7) is 4.41. The fourth-order valence-corrected chi connectivity index (χ4v) is 3.10. The Morgan fingerprint density at radius 3 is 3.00 bits per heavy atom. The molecule has 1 heterocycles. The van der Waals surface area contributed by atoms with Crippen LogP contribution in [0.3, 0.4) is 0 Å². The minimum atomic E-state index is 0.130. The SMILES string of the molecule is CCC1CCCC(C(N)c2ncccc2C)C1. The van der Waals surface area contributed by atoms with Crippen molar-refractivity contribution in [2.24, 2.45) is 17.6 Å². The Kier molecular flexibility index (Phi) is 4.16. The largest absolute Gasteiger partial charge is 0.322 e. The van der Waals surface area contributed by atoms with Crippen molar-refractivity contribution in [3.8, 4) is 0 Å². The van der Waals surface area contributed by atoms with Gasteiger partial charge in [-0.1, -0.05) is 32.3 Å². The Bertz CT molecular complexity index is 362. The summed E-state index contributed by atoms with van der Waals surface area (Å²) in [6, 6.07) is 4.23. The second kappa shape index (κ2) is 5.63. The molecular formula is C15H24N2. The number of hydrogen-bond acceptors (Lipinski definition) is 2. The van der Waals surface area contributed by atoms with Crippen LogP contribution in [0.15, 0.2) is 18.3 Å². The zero-order valence-electron chi connectivity index (χ0n) is 11.0. The van der Waals surface area contributed by atoms with Crippen molar-refractivity contribution in [3.05, 3.63) is 29.6 Å². The summed E-state index contributed by atoms with van der Waals surface area (Å²) < 4.78 is 0. The molecule has 17 heavy (non-hydrogen) atoms. The van der Waals surface area contributed by atoms with Crippen molar-refractivity contribution in [2.45, 2.75) is 52.0 Å². The fraction of sp³-hybridized carbons (Fsp3) is 0.667. The van der Waals surface area contributed by atoms with Crippen LogP contribution in [-0.4, -0.2) is 4.98 Å². The highest BCUT2D eigenvalue weighted by molar-refractivity contribution is 5.21. The van der Waals surface area contributed by atoms with E-state index >= 15 is 0 Å². The number of nitrogens with zero attached hydrogens (tertiary/aromatic N) is 1. The van der Waals surface area contributed by atoms with Gasteiger partial charge in [-0.15, -0.1) is 0 Å². The van der Waals surface area contributed by atoms with E-state index in [1.807, 2.05) is 12.3 Å². The fourth-order valence-electron chi connectivity index (χ4n) is 3.10. The van der Waals surface area contributed by atoms with E-state index in [1.165, 1.54) is 37.7 Å². The monoisotopic (exact) mass is 232 g/mol. The number of nitrogens with two attached hydrogens (primary N) is 1. The van der Waals surface area contributed by atoms with Gasteiger partial charge >= 0.3 is 0 Å². The zero-order valence-corrected chi connectivity index (χ0v) is 11.0. The number of rotatable bonds is 3. The predicted octanol–water partition coefficient (Wildman–Crippen LogP) is 3.61. The summed E-state index contributed by atoms with van der Waals surface area (Å²) in [4.78, 5) is 4.48. The molecule has 0 aliphatic heterocycles. The van der Waals surface area contributed by atoms with Crippen molar-refractivity contribution in [1.82, 2.24) is 4.98 Å². The molecule has 3 unspecified atom stereocenters. The first kappa shape index (κ1) is 12.6. The zero-order chi connectivity index (χ0) is 12.3. The Morgan fingerprint density at radius 1 is 1.47 bits per heavy atom. The molecule has 0 bridgehead atoms. The number of hydrogen-bond donors (Lipinski definition) is 1. The van der Waals surface area contributed by atoms with Gasteiger partial charge in [0, 0.05) is 6.20 Å². The molecule has 0 amide bonds. The lowest BCUT2D eigenvalue weighted by Gasteiger charge is -2.32. The molecule has 2 rings (SSSR count). The van der Waals surface area contributed by atoms with Gasteiger partial charge in [0.1, 0.15) is 0 Å². The Balaban J connectivity index is 2.09. The number of aryl methyl sites for hydroxylation is 1. The van der Waals surface area contributed by atoms with Crippen LogP contribution in [0.25, 0.3) is 0 Å². The van der Waals surface area contributed by atoms with Crippen molar-refractivity contribution in [2.75, 3.05) is 0 Å². The predicted molar refractivity (Wildman–Crippen MR) is 71.6 cm³/mol. The number of aromatic nitrogens is 1. The molecule has 3 atom stereocenters. The topological polar surface area (TPSA) is 38.9 Å². The van der Waals surface area contributed by atoms with E-state index in [-0.39, 0.29) is 6.04 Å². The third-order valence-corrected chi connectivity index (χ3v) is 4.27. The van der Waals surface area contributed by atoms with Crippen LogP contribution in [-0.2, 0) is 0 Å². The maximum absolute atomic E-state index is 6.42. The van der Waals surface area contributed by atoms with E-state index in [1.54, 1.807) is 0 Å². The molecule has 1 aliphatic carbocycles. The summed E-state index contributed by atoms with van der Waals surface area (Å²) in [7, 11) is 0. The van der Waals surface area contributed by atoms with Crippen molar-refractivity contribution in [1.29, 1.82) is 0 Å². The van der Waals surface area contributed by atoms with Crippen LogP contribution in [0.4, 0.5) is 0 Å². The van der Waals surface area contributed by atoms with Gasteiger partial charge in [0.15, 0.2) is 0 Å². The summed E-state index contributed by atoms with van der Waals surface area (Å²) in [5.41, 5.74) is 8.77. The highest BCUT2D eigenvalue weighted by Gasteiger charge is 2.27. The average Bonchev–Trinajstić information content (AvgIpc) is 2.38. The van der Waals surface area contributed by atoms with E-state index in [2.05, 4.69) is 24.9 Å². The quantitative estimate of drug-likeness (QED) is 0.864. The van der Waals surface area contributed by atoms with E-state index < -0.39 is 0 Å². The molecule has 0 spiro atoms. The van der Waals surface area contributed by atoms with Gasteiger partial charge in [0.25, 0.3) is 0 Å². The second-order valence-electron chi connectivity index (χ2n) is 5.43. The normalized spacial score (nSPS) is 26.8. The molecule has 2 N–H and O–H groups in total. The van der Waals surface area contributed by atoms with Gasteiger partial charge in [0.2, 0.25) is 0 Å². The lowest BCUT2D eigenvalue weighted by molar-refractivity contribution is 0.228. The molecule has 0 aromatic carbocycles. The first-order chi connectivity index (χ1) is 8.22. The molecule has 1 aliphatic rings. The molecule has 1 aromatic heterocycles. The highest BCUT2D eigenvalue weighted by atomic mass is 14.8. The molecule has 0 saturated heterocycles. The van der Waals surface area contributed by atoms with Crippen LogP contribution < -0.4 is 5.73 Å². The third-order valence-electron chi connectivity index (χ3n) is 4.27. The molecule has 1 aromatic rings. The van der Waals surface area contributed by atoms with Crippen molar-refractivity contribution in [3.63, 3.8) is 0 Å². The van der Waals surface area contributed by atoms with Gasteiger partial charge in [0.05, 0.1) is 11.7 Å². The second-order valence-corrected chi connectivity index (χ2v) is 5.43. The lowest BCUT2D eigenvalue weighted by Crippen LogP contribution is -2.28. The van der Waals surface area contributed by atoms with Crippen LogP contribution in [0.1, 0.15) is 56.3 Å². The standard InChI is InChI=1S/C15H24N2/c1-3-12-7-4-8-13(10-12)14(16)15-11(2)6-5-9-17-15/h5-6,9,12-14H,3-4,7-8,10,16H2,1-2H3. The molecule has 2 heteroatoms. The van der Waals surface area contributed by atoms with Gasteiger partial charge in [-0.05, 0) is 43.2 Å². The minimum Gasteiger partial charge on any atom is -0.322 e. The number of pyridine rings is 1. The molecule has 2 nitrogen and oxygen atoms in total. The molecule has 1 saturated carbocycles. The summed E-state index contributed by atoms with van der Waals surface area (Å²) >= 11 is 0. The Morgan fingerprint density at radius 2 is 2.29 bits per heavy atom. The first-order valence-electron chi connectivity index (χ1n) is 6.89. The van der Waals surface area contributed by atoms with E-state index in [9.17, 15) is 0 Å². The van der Waals surface area contributed by atoms with Crippen molar-refractivity contribution >= 4 is 0 Å². The minimum absolute atomic E-state index is 0.130. The van der Waals surface area contributed by atoms with E-state index in [4.69, 9.17) is 5.73 Å². The van der Waals surface area contributed by atoms with E-state index in [0.717, 1.165) is 11.6 Å². The smallest absolute Gasteiger partial charge is 0.0602 e. The lowest BCUT2D eigenvalue weighted by atomic mass is 9.76. The van der Waals surface area contributed by atoms with Crippen LogP contribution in [0.2, 0.25) is 0 Å². The van der Waals surface area contributed by atoms with Crippen molar-refractivity contribution < 1.29 is 0 Å².